The monoisotopic (exact) mass is 420 g/mol. The summed E-state index contributed by atoms with van der Waals surface area (Å²) in [4.78, 5) is 10.8. The summed E-state index contributed by atoms with van der Waals surface area (Å²) in [5.41, 5.74) is 4.45. The van der Waals surface area contributed by atoms with E-state index in [0.717, 1.165) is 49.0 Å². The second-order valence-corrected chi connectivity index (χ2v) is 8.32. The molecule has 156 valence electrons. The van der Waals surface area contributed by atoms with Gasteiger partial charge in [0, 0.05) is 6.20 Å². The van der Waals surface area contributed by atoms with Gasteiger partial charge in [0.1, 0.15) is 0 Å². The fraction of sp³-hybridized carbons (Fsp3) is 0.346. The molecule has 4 heteroatoms. The third-order valence-electron chi connectivity index (χ3n) is 6.03. The van der Waals surface area contributed by atoms with Crippen LogP contribution in [-0.4, -0.2) is 11.0 Å². The molecular formula is C26H29ClN2O. The molecule has 4 rings (SSSR count). The number of aromatic nitrogens is 1. The second kappa shape index (κ2) is 10.1. The molecule has 1 heterocycles. The van der Waals surface area contributed by atoms with E-state index >= 15 is 0 Å². The van der Waals surface area contributed by atoms with Crippen molar-refractivity contribution in [3.63, 3.8) is 0 Å². The van der Waals surface area contributed by atoms with Crippen LogP contribution >= 0.6 is 11.6 Å². The first kappa shape index (κ1) is 20.9. The number of hydroxylamine groups is 1. The number of hydrogen-bond donors (Lipinski definition) is 0. The summed E-state index contributed by atoms with van der Waals surface area (Å²) >= 11 is 6.75. The van der Waals surface area contributed by atoms with Crippen molar-refractivity contribution in [2.45, 2.75) is 57.6 Å². The Labute approximate surface area is 184 Å². The number of aryl methyl sites for hydroxylation is 1. The molecule has 30 heavy (non-hydrogen) atoms. The van der Waals surface area contributed by atoms with Crippen LogP contribution in [0.2, 0.25) is 5.02 Å². The number of rotatable bonds is 7. The predicted molar refractivity (Wildman–Crippen MR) is 124 cm³/mol. The Kier molecular flexibility index (Phi) is 7.03. The Morgan fingerprint density at radius 1 is 0.933 bits per heavy atom. The van der Waals surface area contributed by atoms with Crippen LogP contribution in [0.1, 0.15) is 55.3 Å². The molecule has 3 nitrogen and oxygen atoms in total. The molecule has 0 bridgehead atoms. The summed E-state index contributed by atoms with van der Waals surface area (Å²) in [5, 5.41) is 2.77. The lowest BCUT2D eigenvalue weighted by Crippen LogP contribution is -2.38. The Morgan fingerprint density at radius 3 is 2.27 bits per heavy atom. The summed E-state index contributed by atoms with van der Waals surface area (Å²) in [6.07, 6.45) is 7.11. The maximum atomic E-state index is 6.75. The molecule has 0 amide bonds. The molecule has 3 aromatic rings. The number of nitrogens with zero attached hydrogens (tertiary/aromatic N) is 2. The summed E-state index contributed by atoms with van der Waals surface area (Å²) in [7, 11) is 0. The van der Waals surface area contributed by atoms with Gasteiger partial charge in [-0.2, -0.15) is 0 Å². The number of hydrogen-bond acceptors (Lipinski definition) is 3. The van der Waals surface area contributed by atoms with Gasteiger partial charge in [-0.05, 0) is 55.2 Å². The van der Waals surface area contributed by atoms with Crippen molar-refractivity contribution in [2.75, 3.05) is 5.06 Å². The summed E-state index contributed by atoms with van der Waals surface area (Å²) < 4.78 is 0. The van der Waals surface area contributed by atoms with E-state index < -0.39 is 0 Å². The maximum absolute atomic E-state index is 6.75. The van der Waals surface area contributed by atoms with E-state index in [4.69, 9.17) is 16.4 Å². The van der Waals surface area contributed by atoms with E-state index in [2.05, 4.69) is 59.4 Å². The van der Waals surface area contributed by atoms with Crippen LogP contribution in [-0.2, 0) is 17.9 Å². The van der Waals surface area contributed by atoms with Gasteiger partial charge in [0.05, 0.1) is 29.1 Å². The highest BCUT2D eigenvalue weighted by atomic mass is 35.5. The number of benzene rings is 2. The van der Waals surface area contributed by atoms with E-state index in [0.29, 0.717) is 23.6 Å². The zero-order valence-electron chi connectivity index (χ0n) is 17.5. The minimum Gasteiger partial charge on any atom is -0.268 e. The molecule has 0 unspecified atom stereocenters. The highest BCUT2D eigenvalue weighted by Crippen LogP contribution is 2.38. The summed E-state index contributed by atoms with van der Waals surface area (Å²) in [6, 6.07) is 23.5. The van der Waals surface area contributed by atoms with E-state index in [-0.39, 0.29) is 0 Å². The van der Waals surface area contributed by atoms with Gasteiger partial charge in [-0.1, -0.05) is 79.2 Å². The van der Waals surface area contributed by atoms with Gasteiger partial charge in [-0.25, -0.2) is 5.06 Å². The molecule has 1 saturated carbocycles. The van der Waals surface area contributed by atoms with Crippen LogP contribution < -0.4 is 5.06 Å². The molecular weight excluding hydrogens is 392 g/mol. The van der Waals surface area contributed by atoms with Gasteiger partial charge < -0.3 is 0 Å². The number of anilines is 1. The van der Waals surface area contributed by atoms with Crippen molar-refractivity contribution in [1.82, 2.24) is 4.98 Å². The predicted octanol–water partition coefficient (Wildman–Crippen LogP) is 6.96. The first-order valence-electron chi connectivity index (χ1n) is 10.9. The molecule has 1 fully saturated rings. The van der Waals surface area contributed by atoms with Gasteiger partial charge in [-0.15, -0.1) is 0 Å². The molecule has 0 N–H and O–H groups in total. The Balaban J connectivity index is 1.53. The molecule has 2 aromatic carbocycles. The van der Waals surface area contributed by atoms with Crippen molar-refractivity contribution in [2.24, 2.45) is 0 Å². The van der Waals surface area contributed by atoms with E-state index in [1.165, 1.54) is 5.56 Å². The lowest BCUT2D eigenvalue weighted by Gasteiger charge is -2.38. The van der Waals surface area contributed by atoms with Crippen molar-refractivity contribution < 1.29 is 4.84 Å². The normalized spacial score (nSPS) is 18.9. The highest BCUT2D eigenvalue weighted by Gasteiger charge is 2.29. The molecule has 0 atom stereocenters. The quantitative estimate of drug-likeness (QED) is 0.386. The molecule has 0 aliphatic heterocycles. The first-order valence-corrected chi connectivity index (χ1v) is 11.3. The lowest BCUT2D eigenvalue weighted by molar-refractivity contribution is 0.0624. The van der Waals surface area contributed by atoms with Gasteiger partial charge in [-0.3, -0.25) is 9.82 Å². The number of halogens is 1. The zero-order chi connectivity index (χ0) is 20.8. The van der Waals surface area contributed by atoms with Crippen LogP contribution in [0, 0.1) is 0 Å². The topological polar surface area (TPSA) is 25.4 Å². The van der Waals surface area contributed by atoms with E-state index in [9.17, 15) is 0 Å². The Hall–Kier alpha value is -2.36. The average Bonchev–Trinajstić information content (AvgIpc) is 2.82. The minimum atomic E-state index is 0.304. The standard InChI is InChI=1S/C26H29ClN2O/c1-2-24-26(27)25(17-18-28-24)29(30-19-20-9-5-3-6-10-20)23-15-13-22(14-16-23)21-11-7-4-8-12-21/h3-12,17-18,22-23H,2,13-16,19H2,1H3. The number of pyridine rings is 1. The van der Waals surface area contributed by atoms with Gasteiger partial charge in [0.25, 0.3) is 0 Å². The third kappa shape index (κ3) is 4.85. The van der Waals surface area contributed by atoms with Crippen molar-refractivity contribution in [1.29, 1.82) is 0 Å². The molecule has 1 aliphatic rings. The average molecular weight is 421 g/mol. The van der Waals surface area contributed by atoms with Crippen LogP contribution in [0.25, 0.3) is 0 Å². The molecule has 1 aliphatic carbocycles. The fourth-order valence-electron chi connectivity index (χ4n) is 4.35. The first-order chi connectivity index (χ1) is 14.8. The van der Waals surface area contributed by atoms with Crippen molar-refractivity contribution in [3.05, 3.63) is 94.8 Å². The third-order valence-corrected chi connectivity index (χ3v) is 6.44. The van der Waals surface area contributed by atoms with Crippen molar-refractivity contribution in [3.8, 4) is 0 Å². The molecule has 0 radical (unpaired) electrons. The van der Waals surface area contributed by atoms with Crippen LogP contribution in [0.3, 0.4) is 0 Å². The Bertz CT molecular complexity index is 924. The molecule has 1 aromatic heterocycles. The molecule has 0 spiro atoms. The zero-order valence-corrected chi connectivity index (χ0v) is 18.3. The van der Waals surface area contributed by atoms with Crippen molar-refractivity contribution >= 4 is 17.3 Å². The SMILES string of the molecule is CCc1nccc(N(OCc2ccccc2)C2CCC(c3ccccc3)CC2)c1Cl. The van der Waals surface area contributed by atoms with Gasteiger partial charge >= 0.3 is 0 Å². The maximum Gasteiger partial charge on any atom is 0.0999 e. The van der Waals surface area contributed by atoms with Crippen LogP contribution in [0.4, 0.5) is 5.69 Å². The lowest BCUT2D eigenvalue weighted by atomic mass is 9.81. The van der Waals surface area contributed by atoms with Crippen LogP contribution in [0.5, 0.6) is 0 Å². The van der Waals surface area contributed by atoms with Gasteiger partial charge in [0.2, 0.25) is 0 Å². The molecule has 0 saturated heterocycles. The summed E-state index contributed by atoms with van der Waals surface area (Å²) in [5.74, 6) is 0.623. The fourth-order valence-corrected chi connectivity index (χ4v) is 4.68. The minimum absolute atomic E-state index is 0.304. The highest BCUT2D eigenvalue weighted by molar-refractivity contribution is 6.33. The second-order valence-electron chi connectivity index (χ2n) is 7.95. The smallest absolute Gasteiger partial charge is 0.0999 e. The summed E-state index contributed by atoms with van der Waals surface area (Å²) in [6.45, 7) is 2.61. The van der Waals surface area contributed by atoms with Gasteiger partial charge in [0.15, 0.2) is 0 Å². The van der Waals surface area contributed by atoms with Crippen LogP contribution in [0.15, 0.2) is 72.9 Å². The van der Waals surface area contributed by atoms with E-state index in [1.807, 2.05) is 30.5 Å². The Morgan fingerprint density at radius 2 is 1.60 bits per heavy atom. The van der Waals surface area contributed by atoms with E-state index in [1.54, 1.807) is 0 Å². The largest absolute Gasteiger partial charge is 0.268 e.